The van der Waals surface area contributed by atoms with E-state index >= 15 is 0 Å². The zero-order valence-electron chi connectivity index (χ0n) is 12.0. The number of hydrogen-bond donors (Lipinski definition) is 1. The summed E-state index contributed by atoms with van der Waals surface area (Å²) in [5.74, 6) is 0.740. The van der Waals surface area contributed by atoms with Gasteiger partial charge in [-0.25, -0.2) is 0 Å². The van der Waals surface area contributed by atoms with Gasteiger partial charge in [0, 0.05) is 49.9 Å². The van der Waals surface area contributed by atoms with Gasteiger partial charge in [0.25, 0.3) is 5.69 Å². The minimum atomic E-state index is -0.361. The predicted molar refractivity (Wildman–Crippen MR) is 77.0 cm³/mol. The summed E-state index contributed by atoms with van der Waals surface area (Å²) in [6.07, 6.45) is 0. The maximum absolute atomic E-state index is 10.9. The molecule has 110 valence electrons. The molecular weight excluding hydrogens is 258 g/mol. The molecule has 20 heavy (non-hydrogen) atoms. The summed E-state index contributed by atoms with van der Waals surface area (Å²) < 4.78 is 5.58. The first kappa shape index (κ1) is 14.7. The molecule has 2 rings (SSSR count). The second-order valence-electron chi connectivity index (χ2n) is 5.07. The molecule has 6 heteroatoms. The van der Waals surface area contributed by atoms with E-state index in [0.29, 0.717) is 19.2 Å². The second-order valence-corrected chi connectivity index (χ2v) is 5.07. The van der Waals surface area contributed by atoms with Crippen molar-refractivity contribution in [2.45, 2.75) is 26.4 Å². The van der Waals surface area contributed by atoms with Crippen LogP contribution in [0.4, 0.5) is 5.69 Å². The first-order chi connectivity index (χ1) is 9.60. The van der Waals surface area contributed by atoms with Crippen LogP contribution < -0.4 is 10.1 Å². The molecule has 0 radical (unpaired) electrons. The Balaban J connectivity index is 2.18. The largest absolute Gasteiger partial charge is 0.494 e. The van der Waals surface area contributed by atoms with Gasteiger partial charge in [0.15, 0.2) is 0 Å². The molecule has 0 aliphatic carbocycles. The summed E-state index contributed by atoms with van der Waals surface area (Å²) in [6.45, 7) is 8.12. The Kier molecular flexibility index (Phi) is 4.92. The standard InChI is InChI=1S/C14H21N3O3/c1-3-20-14-5-4-13(17(18)19)8-12(14)10-16-7-6-15-11(2)9-16/h4-5,8,11,15H,3,6-7,9-10H2,1-2H3/t11-/m1/s1. The van der Waals surface area contributed by atoms with E-state index in [0.717, 1.165) is 30.9 Å². The van der Waals surface area contributed by atoms with Gasteiger partial charge in [-0.15, -0.1) is 0 Å². The minimum Gasteiger partial charge on any atom is -0.494 e. The zero-order valence-corrected chi connectivity index (χ0v) is 12.0. The highest BCUT2D eigenvalue weighted by atomic mass is 16.6. The predicted octanol–water partition coefficient (Wildman–Crippen LogP) is 1.79. The zero-order chi connectivity index (χ0) is 14.5. The Morgan fingerprint density at radius 2 is 2.35 bits per heavy atom. The molecule has 0 saturated carbocycles. The molecule has 0 unspecified atom stereocenters. The van der Waals surface area contributed by atoms with E-state index < -0.39 is 0 Å². The van der Waals surface area contributed by atoms with E-state index in [-0.39, 0.29) is 10.6 Å². The van der Waals surface area contributed by atoms with Gasteiger partial charge in [-0.3, -0.25) is 15.0 Å². The van der Waals surface area contributed by atoms with Crippen LogP contribution in [-0.4, -0.2) is 42.1 Å². The fourth-order valence-electron chi connectivity index (χ4n) is 2.50. The number of benzene rings is 1. The number of nitro groups is 1. The minimum absolute atomic E-state index is 0.117. The van der Waals surface area contributed by atoms with Gasteiger partial charge >= 0.3 is 0 Å². The molecule has 1 saturated heterocycles. The summed E-state index contributed by atoms with van der Waals surface area (Å²) in [5.41, 5.74) is 1.00. The van der Waals surface area contributed by atoms with Crippen molar-refractivity contribution in [3.8, 4) is 5.75 Å². The smallest absolute Gasteiger partial charge is 0.270 e. The molecule has 0 bridgehead atoms. The van der Waals surface area contributed by atoms with Crippen LogP contribution >= 0.6 is 0 Å². The van der Waals surface area contributed by atoms with Gasteiger partial charge in [0.2, 0.25) is 0 Å². The maximum atomic E-state index is 10.9. The number of nitrogens with one attached hydrogen (secondary N) is 1. The lowest BCUT2D eigenvalue weighted by atomic mass is 10.1. The molecule has 6 nitrogen and oxygen atoms in total. The average molecular weight is 279 g/mol. The molecule has 0 aromatic heterocycles. The number of non-ortho nitro benzene ring substituents is 1. The maximum Gasteiger partial charge on any atom is 0.270 e. The van der Waals surface area contributed by atoms with E-state index in [2.05, 4.69) is 17.1 Å². The number of rotatable bonds is 5. The van der Waals surface area contributed by atoms with Gasteiger partial charge in [0.05, 0.1) is 11.5 Å². The molecular formula is C14H21N3O3. The van der Waals surface area contributed by atoms with Crippen molar-refractivity contribution >= 4 is 5.69 Å². The van der Waals surface area contributed by atoms with E-state index in [1.54, 1.807) is 12.1 Å². The van der Waals surface area contributed by atoms with Gasteiger partial charge < -0.3 is 10.1 Å². The van der Waals surface area contributed by atoms with Crippen molar-refractivity contribution in [1.29, 1.82) is 0 Å². The summed E-state index contributed by atoms with van der Waals surface area (Å²) in [7, 11) is 0. The van der Waals surface area contributed by atoms with E-state index in [1.165, 1.54) is 6.07 Å². The normalized spacial score (nSPS) is 19.8. The number of hydrogen-bond acceptors (Lipinski definition) is 5. The number of nitrogens with zero attached hydrogens (tertiary/aromatic N) is 2. The fourth-order valence-corrected chi connectivity index (χ4v) is 2.50. The third-order valence-corrected chi connectivity index (χ3v) is 3.40. The van der Waals surface area contributed by atoms with Crippen LogP contribution in [0.2, 0.25) is 0 Å². The highest BCUT2D eigenvalue weighted by Crippen LogP contribution is 2.26. The van der Waals surface area contributed by atoms with Crippen molar-refractivity contribution < 1.29 is 9.66 Å². The van der Waals surface area contributed by atoms with Crippen molar-refractivity contribution in [3.05, 3.63) is 33.9 Å². The number of ether oxygens (including phenoxy) is 1. The summed E-state index contributed by atoms with van der Waals surface area (Å²) in [4.78, 5) is 12.8. The topological polar surface area (TPSA) is 67.6 Å². The summed E-state index contributed by atoms with van der Waals surface area (Å²) >= 11 is 0. The third kappa shape index (κ3) is 3.68. The SMILES string of the molecule is CCOc1ccc([N+](=O)[O-])cc1CN1CCN[C@H](C)C1. The van der Waals surface area contributed by atoms with E-state index in [9.17, 15) is 10.1 Å². The van der Waals surface area contributed by atoms with Crippen LogP contribution in [0.15, 0.2) is 18.2 Å². The Bertz CT molecular complexity index is 479. The van der Waals surface area contributed by atoms with Crippen LogP contribution in [0, 0.1) is 10.1 Å². The quantitative estimate of drug-likeness (QED) is 0.657. The monoisotopic (exact) mass is 279 g/mol. The van der Waals surface area contributed by atoms with Crippen molar-refractivity contribution in [1.82, 2.24) is 10.2 Å². The highest BCUT2D eigenvalue weighted by molar-refractivity contribution is 5.43. The second kappa shape index (κ2) is 6.67. The van der Waals surface area contributed by atoms with Gasteiger partial charge in [-0.1, -0.05) is 0 Å². The van der Waals surface area contributed by atoms with Gasteiger partial charge in [-0.05, 0) is 19.9 Å². The van der Waals surface area contributed by atoms with Gasteiger partial charge in [0.1, 0.15) is 5.75 Å². The Hall–Kier alpha value is -1.66. The molecule has 1 heterocycles. The first-order valence-corrected chi connectivity index (χ1v) is 6.96. The highest BCUT2D eigenvalue weighted by Gasteiger charge is 2.19. The first-order valence-electron chi connectivity index (χ1n) is 6.96. The molecule has 1 aliphatic heterocycles. The average Bonchev–Trinajstić information content (AvgIpc) is 2.41. The summed E-state index contributed by atoms with van der Waals surface area (Å²) in [5, 5.41) is 14.3. The third-order valence-electron chi connectivity index (χ3n) is 3.40. The molecule has 1 N–H and O–H groups in total. The van der Waals surface area contributed by atoms with Crippen LogP contribution in [0.1, 0.15) is 19.4 Å². The van der Waals surface area contributed by atoms with Crippen LogP contribution in [0.25, 0.3) is 0 Å². The molecule has 1 fully saturated rings. The Labute approximate surface area is 118 Å². The molecule has 0 amide bonds. The van der Waals surface area contributed by atoms with Crippen molar-refractivity contribution in [2.75, 3.05) is 26.2 Å². The van der Waals surface area contributed by atoms with Crippen molar-refractivity contribution in [3.63, 3.8) is 0 Å². The van der Waals surface area contributed by atoms with Crippen molar-refractivity contribution in [2.24, 2.45) is 0 Å². The van der Waals surface area contributed by atoms with E-state index in [4.69, 9.17) is 4.74 Å². The molecule has 0 spiro atoms. The summed E-state index contributed by atoms with van der Waals surface area (Å²) in [6, 6.07) is 5.26. The lowest BCUT2D eigenvalue weighted by Crippen LogP contribution is -2.48. The molecule has 1 atom stereocenters. The van der Waals surface area contributed by atoms with Crippen LogP contribution in [0.3, 0.4) is 0 Å². The molecule has 1 aromatic rings. The Morgan fingerprint density at radius 1 is 1.55 bits per heavy atom. The van der Waals surface area contributed by atoms with E-state index in [1.807, 2.05) is 6.92 Å². The lowest BCUT2D eigenvalue weighted by Gasteiger charge is -2.32. The molecule has 1 aliphatic rings. The van der Waals surface area contributed by atoms with Crippen LogP contribution in [-0.2, 0) is 6.54 Å². The van der Waals surface area contributed by atoms with Crippen LogP contribution in [0.5, 0.6) is 5.75 Å². The molecule has 1 aromatic carbocycles. The lowest BCUT2D eigenvalue weighted by molar-refractivity contribution is -0.385. The number of piperazine rings is 1. The fraction of sp³-hybridized carbons (Fsp3) is 0.571. The Morgan fingerprint density at radius 3 is 3.00 bits per heavy atom. The number of nitro benzene ring substituents is 1. The van der Waals surface area contributed by atoms with Gasteiger partial charge in [-0.2, -0.15) is 0 Å².